The van der Waals surface area contributed by atoms with Crippen LogP contribution in [0.3, 0.4) is 0 Å². The molecule has 0 spiro atoms. The van der Waals surface area contributed by atoms with Crippen LogP contribution in [0.5, 0.6) is 0 Å². The van der Waals surface area contributed by atoms with Gasteiger partial charge in [0, 0.05) is 61.7 Å². The molecule has 2 amide bonds. The van der Waals surface area contributed by atoms with Crippen molar-refractivity contribution >= 4 is 11.8 Å². The summed E-state index contributed by atoms with van der Waals surface area (Å²) in [6.45, 7) is 6.25. The van der Waals surface area contributed by atoms with E-state index in [1.807, 2.05) is 45.0 Å². The van der Waals surface area contributed by atoms with Gasteiger partial charge in [0.25, 0.3) is 11.8 Å². The molecule has 0 saturated heterocycles. The third-order valence-electron chi connectivity index (χ3n) is 7.60. The molecule has 0 aliphatic rings. The van der Waals surface area contributed by atoms with Crippen LogP contribution in [0.1, 0.15) is 64.2 Å². The molecule has 0 bridgehead atoms. The summed E-state index contributed by atoms with van der Waals surface area (Å²) in [7, 11) is 3.91. The highest BCUT2D eigenvalue weighted by Gasteiger charge is 2.25. The molecule has 2 aromatic heterocycles. The topological polar surface area (TPSA) is 124 Å². The number of nitrogens with zero attached hydrogens (tertiary/aromatic N) is 4. The minimum atomic E-state index is -1.15. The van der Waals surface area contributed by atoms with Crippen molar-refractivity contribution in [3.8, 4) is 11.5 Å². The molecule has 3 N–H and O–H groups in total. The molecule has 4 aromatic rings. The normalized spacial score (nSPS) is 12.6. The number of halogens is 2. The van der Waals surface area contributed by atoms with Gasteiger partial charge in [-0.05, 0) is 86.9 Å². The molecule has 256 valence electrons. The van der Waals surface area contributed by atoms with Gasteiger partial charge in [-0.2, -0.15) is 0 Å². The molecule has 2 heterocycles. The van der Waals surface area contributed by atoms with Crippen LogP contribution in [0.15, 0.2) is 71.6 Å². The van der Waals surface area contributed by atoms with Crippen molar-refractivity contribution < 1.29 is 27.9 Å². The van der Waals surface area contributed by atoms with Crippen molar-refractivity contribution in [1.82, 2.24) is 30.4 Å². The van der Waals surface area contributed by atoms with Gasteiger partial charge in [0.2, 0.25) is 5.89 Å². The Balaban J connectivity index is 1.59. The maximum absolute atomic E-state index is 14.1. The summed E-state index contributed by atoms with van der Waals surface area (Å²) in [5, 5.41) is 17.4. The van der Waals surface area contributed by atoms with Gasteiger partial charge in [-0.15, -0.1) is 0 Å². The Hall–Kier alpha value is -4.52. The minimum absolute atomic E-state index is 0.0580. The first-order valence-electron chi connectivity index (χ1n) is 16.1. The van der Waals surface area contributed by atoms with E-state index in [4.69, 9.17) is 4.42 Å². The van der Waals surface area contributed by atoms with E-state index in [-0.39, 0.29) is 41.5 Å². The van der Waals surface area contributed by atoms with Gasteiger partial charge < -0.3 is 30.0 Å². The number of benzene rings is 2. The van der Waals surface area contributed by atoms with Crippen LogP contribution in [-0.4, -0.2) is 82.6 Å². The molecule has 2 aromatic carbocycles. The number of pyridine rings is 1. The van der Waals surface area contributed by atoms with Crippen LogP contribution in [0, 0.1) is 11.6 Å². The van der Waals surface area contributed by atoms with Crippen molar-refractivity contribution in [2.75, 3.05) is 33.7 Å². The summed E-state index contributed by atoms with van der Waals surface area (Å²) in [5.74, 6) is -2.11. The maximum atomic E-state index is 14.1. The van der Waals surface area contributed by atoms with Crippen LogP contribution in [0.4, 0.5) is 8.78 Å². The molecular formula is C36H44F2N6O4. The molecule has 10 nitrogen and oxygen atoms in total. The van der Waals surface area contributed by atoms with E-state index in [1.165, 1.54) is 30.7 Å². The number of amides is 2. The fraction of sp³-hybridized carbons (Fsp3) is 0.389. The summed E-state index contributed by atoms with van der Waals surface area (Å²) in [6.07, 6.45) is 4.92. The number of hydrogen-bond acceptors (Lipinski definition) is 8. The fourth-order valence-corrected chi connectivity index (χ4v) is 5.48. The SMILES string of the molecule is CCCN(CCC)C(=O)c1cc(C(=O)N[C@@H](Cc2cc(F)cc(F)c2)[C@H](O)CNCc2ccnc(CN(C)C)c2)cc(-c2ncco2)c1. The smallest absolute Gasteiger partial charge is 0.253 e. The van der Waals surface area contributed by atoms with Gasteiger partial charge in [0.1, 0.15) is 17.9 Å². The van der Waals surface area contributed by atoms with Crippen molar-refractivity contribution in [3.05, 3.63) is 107 Å². The zero-order valence-corrected chi connectivity index (χ0v) is 27.9. The Morgan fingerprint density at radius 3 is 2.27 bits per heavy atom. The lowest BCUT2D eigenvalue weighted by Crippen LogP contribution is -2.48. The Morgan fingerprint density at radius 2 is 1.62 bits per heavy atom. The second-order valence-electron chi connectivity index (χ2n) is 12.1. The first-order valence-corrected chi connectivity index (χ1v) is 16.1. The number of aromatic nitrogens is 2. The van der Waals surface area contributed by atoms with Gasteiger partial charge in [-0.25, -0.2) is 13.8 Å². The number of hydrogen-bond donors (Lipinski definition) is 3. The molecule has 0 saturated carbocycles. The van der Waals surface area contributed by atoms with Crippen LogP contribution in [-0.2, 0) is 19.5 Å². The van der Waals surface area contributed by atoms with Gasteiger partial charge in [0.15, 0.2) is 0 Å². The van der Waals surface area contributed by atoms with Crippen molar-refractivity contribution in [1.29, 1.82) is 0 Å². The van der Waals surface area contributed by atoms with E-state index in [9.17, 15) is 23.5 Å². The largest absolute Gasteiger partial charge is 0.445 e. The lowest BCUT2D eigenvalue weighted by atomic mass is 9.99. The first kappa shape index (κ1) is 36.3. The zero-order chi connectivity index (χ0) is 34.6. The fourth-order valence-electron chi connectivity index (χ4n) is 5.48. The molecule has 0 unspecified atom stereocenters. The second kappa shape index (κ2) is 17.6. The molecule has 0 fully saturated rings. The highest BCUT2D eigenvalue weighted by atomic mass is 19.1. The van der Waals surface area contributed by atoms with E-state index in [2.05, 4.69) is 20.6 Å². The summed E-state index contributed by atoms with van der Waals surface area (Å²) < 4.78 is 33.7. The number of aliphatic hydroxyl groups excluding tert-OH is 1. The van der Waals surface area contributed by atoms with Gasteiger partial charge in [-0.3, -0.25) is 14.6 Å². The number of oxazole rings is 1. The molecule has 4 rings (SSSR count). The summed E-state index contributed by atoms with van der Waals surface area (Å²) in [5.41, 5.74) is 2.98. The minimum Gasteiger partial charge on any atom is -0.445 e. The van der Waals surface area contributed by atoms with Crippen LogP contribution >= 0.6 is 0 Å². The number of rotatable bonds is 17. The number of nitrogens with one attached hydrogen (secondary N) is 2. The third kappa shape index (κ3) is 10.5. The second-order valence-corrected chi connectivity index (χ2v) is 12.1. The van der Waals surface area contributed by atoms with Crippen molar-refractivity contribution in [3.63, 3.8) is 0 Å². The maximum Gasteiger partial charge on any atom is 0.253 e. The van der Waals surface area contributed by atoms with Crippen molar-refractivity contribution in [2.45, 2.75) is 58.3 Å². The Labute approximate surface area is 280 Å². The van der Waals surface area contributed by atoms with E-state index < -0.39 is 29.7 Å². The summed E-state index contributed by atoms with van der Waals surface area (Å²) in [6, 6.07) is 10.7. The Kier molecular flexibility index (Phi) is 13.3. The summed E-state index contributed by atoms with van der Waals surface area (Å²) >= 11 is 0. The van der Waals surface area contributed by atoms with Crippen LogP contribution in [0.25, 0.3) is 11.5 Å². The standard InChI is InChI=1S/C36H44F2N6O4/c1-5-10-44(11-6-2)36(47)28-18-26(17-27(19-28)35-41-9-12-48-35)34(46)42-32(16-25-13-29(37)20-30(38)14-25)33(45)22-39-21-24-7-8-40-31(15-24)23-43(3)4/h7-9,12-15,17-20,32-33,39,45H,5-6,10-11,16,21-23H2,1-4H3,(H,42,46)/t32-,33+/m0/s1. The Morgan fingerprint density at radius 1 is 0.917 bits per heavy atom. The van der Waals surface area contributed by atoms with Crippen molar-refractivity contribution in [2.24, 2.45) is 0 Å². The van der Waals surface area contributed by atoms with Crippen LogP contribution in [0.2, 0.25) is 0 Å². The number of carbonyl (C=O) groups excluding carboxylic acids is 2. The summed E-state index contributed by atoms with van der Waals surface area (Å²) in [4.78, 5) is 39.8. The predicted molar refractivity (Wildman–Crippen MR) is 179 cm³/mol. The first-order chi connectivity index (χ1) is 23.1. The molecule has 2 atom stereocenters. The monoisotopic (exact) mass is 662 g/mol. The van der Waals surface area contributed by atoms with Gasteiger partial charge >= 0.3 is 0 Å². The molecule has 48 heavy (non-hydrogen) atoms. The average Bonchev–Trinajstić information content (AvgIpc) is 3.59. The van der Waals surface area contributed by atoms with Crippen LogP contribution < -0.4 is 10.6 Å². The van der Waals surface area contributed by atoms with E-state index >= 15 is 0 Å². The lowest BCUT2D eigenvalue weighted by molar-refractivity contribution is 0.0755. The molecule has 0 radical (unpaired) electrons. The highest BCUT2D eigenvalue weighted by molar-refractivity contribution is 6.01. The van der Waals surface area contributed by atoms with E-state index in [1.54, 1.807) is 23.2 Å². The highest BCUT2D eigenvalue weighted by Crippen LogP contribution is 2.23. The quantitative estimate of drug-likeness (QED) is 0.147. The number of aliphatic hydroxyl groups is 1. The third-order valence-corrected chi connectivity index (χ3v) is 7.60. The lowest BCUT2D eigenvalue weighted by Gasteiger charge is -2.25. The molecule has 0 aliphatic carbocycles. The van der Waals surface area contributed by atoms with Gasteiger partial charge in [0.05, 0.1) is 24.0 Å². The molecule has 0 aliphatic heterocycles. The number of carbonyl (C=O) groups is 2. The van der Waals surface area contributed by atoms with E-state index in [0.29, 0.717) is 31.7 Å². The average molecular weight is 663 g/mol. The van der Waals surface area contributed by atoms with Gasteiger partial charge in [-0.1, -0.05) is 13.8 Å². The Bertz CT molecular complexity index is 1620. The molecule has 12 heteroatoms. The molecular weight excluding hydrogens is 618 g/mol. The zero-order valence-electron chi connectivity index (χ0n) is 27.9. The predicted octanol–water partition coefficient (Wildman–Crippen LogP) is 4.83. The van der Waals surface area contributed by atoms with E-state index in [0.717, 1.165) is 30.2 Å².